The second-order valence-electron chi connectivity index (χ2n) is 4.99. The average molecular weight is 389 g/mol. The SMILES string of the molecule is COCCCn1c(C)nnc1SCC(=O)Nc1cc(Cl)ccc1Cl. The van der Waals surface area contributed by atoms with Gasteiger partial charge < -0.3 is 14.6 Å². The monoisotopic (exact) mass is 388 g/mol. The van der Waals surface area contributed by atoms with Crippen molar-refractivity contribution in [2.45, 2.75) is 25.0 Å². The highest BCUT2D eigenvalue weighted by Gasteiger charge is 2.12. The van der Waals surface area contributed by atoms with Gasteiger partial charge in [0.25, 0.3) is 0 Å². The molecule has 9 heteroatoms. The van der Waals surface area contributed by atoms with Gasteiger partial charge in [0.1, 0.15) is 5.82 Å². The molecule has 130 valence electrons. The van der Waals surface area contributed by atoms with Crippen molar-refractivity contribution in [3.63, 3.8) is 0 Å². The number of benzene rings is 1. The smallest absolute Gasteiger partial charge is 0.234 e. The summed E-state index contributed by atoms with van der Waals surface area (Å²) in [6.07, 6.45) is 0.854. The quantitative estimate of drug-likeness (QED) is 0.551. The number of halogens is 2. The summed E-state index contributed by atoms with van der Waals surface area (Å²) >= 11 is 13.3. The van der Waals surface area contributed by atoms with Crippen molar-refractivity contribution in [2.24, 2.45) is 0 Å². The molecule has 1 amide bonds. The lowest BCUT2D eigenvalue weighted by Crippen LogP contribution is -2.15. The number of aryl methyl sites for hydroxylation is 1. The highest BCUT2D eigenvalue weighted by atomic mass is 35.5. The summed E-state index contributed by atoms with van der Waals surface area (Å²) in [5.41, 5.74) is 0.493. The Labute approximate surface area is 154 Å². The van der Waals surface area contributed by atoms with E-state index in [1.165, 1.54) is 11.8 Å². The largest absolute Gasteiger partial charge is 0.385 e. The van der Waals surface area contributed by atoms with E-state index in [4.69, 9.17) is 27.9 Å². The number of hydrogen-bond acceptors (Lipinski definition) is 5. The van der Waals surface area contributed by atoms with E-state index >= 15 is 0 Å². The number of aromatic nitrogens is 3. The van der Waals surface area contributed by atoms with E-state index in [1.54, 1.807) is 25.3 Å². The number of nitrogens with one attached hydrogen (secondary N) is 1. The molecule has 24 heavy (non-hydrogen) atoms. The minimum absolute atomic E-state index is 0.187. The number of hydrogen-bond donors (Lipinski definition) is 1. The number of nitrogens with zero attached hydrogens (tertiary/aromatic N) is 3. The maximum absolute atomic E-state index is 12.1. The van der Waals surface area contributed by atoms with Crippen LogP contribution in [0.25, 0.3) is 0 Å². The molecule has 0 spiro atoms. The van der Waals surface area contributed by atoms with Gasteiger partial charge in [0.2, 0.25) is 5.91 Å². The molecule has 1 aromatic heterocycles. The fourth-order valence-electron chi connectivity index (χ4n) is 2.00. The number of rotatable bonds is 8. The predicted octanol–water partition coefficient (Wildman–Crippen LogP) is 3.66. The van der Waals surface area contributed by atoms with Gasteiger partial charge >= 0.3 is 0 Å². The third-order valence-electron chi connectivity index (χ3n) is 3.17. The molecule has 0 fully saturated rings. The van der Waals surface area contributed by atoms with E-state index in [1.807, 2.05) is 11.5 Å². The van der Waals surface area contributed by atoms with Crippen LogP contribution in [-0.4, -0.2) is 40.1 Å². The first-order chi connectivity index (χ1) is 11.5. The maximum Gasteiger partial charge on any atom is 0.234 e. The lowest BCUT2D eigenvalue weighted by atomic mass is 10.3. The zero-order valence-electron chi connectivity index (χ0n) is 13.4. The lowest BCUT2D eigenvalue weighted by Gasteiger charge is -2.09. The van der Waals surface area contributed by atoms with Gasteiger partial charge in [0.05, 0.1) is 16.5 Å². The van der Waals surface area contributed by atoms with Crippen molar-refractivity contribution in [3.8, 4) is 0 Å². The molecule has 0 aliphatic rings. The molecular weight excluding hydrogens is 371 g/mol. The van der Waals surface area contributed by atoms with E-state index < -0.39 is 0 Å². The number of methoxy groups -OCH3 is 1. The van der Waals surface area contributed by atoms with Crippen molar-refractivity contribution in [1.29, 1.82) is 0 Å². The van der Waals surface area contributed by atoms with Crippen LogP contribution in [0.1, 0.15) is 12.2 Å². The average Bonchev–Trinajstić information content (AvgIpc) is 2.90. The molecule has 1 N–H and O–H groups in total. The topological polar surface area (TPSA) is 69.0 Å². The van der Waals surface area contributed by atoms with Crippen molar-refractivity contribution in [3.05, 3.63) is 34.1 Å². The van der Waals surface area contributed by atoms with Crippen LogP contribution >= 0.6 is 35.0 Å². The Kier molecular flexibility index (Phi) is 7.36. The van der Waals surface area contributed by atoms with Gasteiger partial charge in [-0.1, -0.05) is 35.0 Å². The minimum Gasteiger partial charge on any atom is -0.385 e. The highest BCUT2D eigenvalue weighted by molar-refractivity contribution is 7.99. The third kappa shape index (κ3) is 5.37. The van der Waals surface area contributed by atoms with E-state index in [0.29, 0.717) is 27.5 Å². The molecule has 0 bridgehead atoms. The van der Waals surface area contributed by atoms with E-state index in [0.717, 1.165) is 18.8 Å². The summed E-state index contributed by atoms with van der Waals surface area (Å²) in [5, 5.41) is 12.6. The van der Waals surface area contributed by atoms with Crippen molar-refractivity contribution < 1.29 is 9.53 Å². The number of ether oxygens (including phenoxy) is 1. The van der Waals surface area contributed by atoms with Gasteiger partial charge in [-0.25, -0.2) is 0 Å². The molecular formula is C15H18Cl2N4O2S. The minimum atomic E-state index is -0.187. The standard InChI is InChI=1S/C15H18Cl2N4O2S/c1-10-19-20-15(21(10)6-3-7-23-2)24-9-14(22)18-13-8-11(16)4-5-12(13)17/h4-5,8H,3,6-7,9H2,1-2H3,(H,18,22). The molecule has 0 saturated carbocycles. The van der Waals surface area contributed by atoms with Gasteiger partial charge in [-0.2, -0.15) is 0 Å². The second kappa shape index (κ2) is 9.27. The Hall–Kier alpha value is -1.28. The van der Waals surface area contributed by atoms with Crippen molar-refractivity contribution in [1.82, 2.24) is 14.8 Å². The van der Waals surface area contributed by atoms with Gasteiger partial charge in [-0.15, -0.1) is 10.2 Å². The Morgan fingerprint density at radius 2 is 2.17 bits per heavy atom. The molecule has 0 aliphatic heterocycles. The second-order valence-corrected chi connectivity index (χ2v) is 6.77. The van der Waals surface area contributed by atoms with Crippen LogP contribution < -0.4 is 5.32 Å². The van der Waals surface area contributed by atoms with Crippen molar-refractivity contribution in [2.75, 3.05) is 24.8 Å². The van der Waals surface area contributed by atoms with E-state index in [2.05, 4.69) is 15.5 Å². The summed E-state index contributed by atoms with van der Waals surface area (Å²) in [6.45, 7) is 3.29. The number of thioether (sulfide) groups is 1. The zero-order valence-corrected chi connectivity index (χ0v) is 15.7. The molecule has 1 heterocycles. The molecule has 2 rings (SSSR count). The zero-order chi connectivity index (χ0) is 17.5. The molecule has 0 atom stereocenters. The molecule has 6 nitrogen and oxygen atoms in total. The van der Waals surface area contributed by atoms with Crippen molar-refractivity contribution >= 4 is 46.6 Å². The van der Waals surface area contributed by atoms with Gasteiger partial charge in [0, 0.05) is 25.3 Å². The molecule has 0 aliphatic carbocycles. The van der Waals surface area contributed by atoms with Crippen LogP contribution in [0.3, 0.4) is 0 Å². The van der Waals surface area contributed by atoms with Crippen LogP contribution in [0, 0.1) is 6.92 Å². The first-order valence-electron chi connectivity index (χ1n) is 7.27. The predicted molar refractivity (Wildman–Crippen MR) is 97.1 cm³/mol. The number of carbonyl (C=O) groups excluding carboxylic acids is 1. The van der Waals surface area contributed by atoms with Crippen LogP contribution in [0.4, 0.5) is 5.69 Å². The van der Waals surface area contributed by atoms with Crippen LogP contribution in [0.15, 0.2) is 23.4 Å². The highest BCUT2D eigenvalue weighted by Crippen LogP contribution is 2.26. The van der Waals surface area contributed by atoms with Gasteiger partial charge in [-0.3, -0.25) is 4.79 Å². The Morgan fingerprint density at radius 1 is 1.38 bits per heavy atom. The van der Waals surface area contributed by atoms with Gasteiger partial charge in [0.15, 0.2) is 5.16 Å². The summed E-state index contributed by atoms with van der Waals surface area (Å²) < 4.78 is 7.03. The molecule has 0 unspecified atom stereocenters. The first kappa shape index (κ1) is 19.1. The van der Waals surface area contributed by atoms with Crippen LogP contribution in [0.2, 0.25) is 10.0 Å². The molecule has 0 saturated heterocycles. The van der Waals surface area contributed by atoms with E-state index in [-0.39, 0.29) is 11.7 Å². The Morgan fingerprint density at radius 3 is 2.92 bits per heavy atom. The fraction of sp³-hybridized carbons (Fsp3) is 0.400. The lowest BCUT2D eigenvalue weighted by molar-refractivity contribution is -0.113. The third-order valence-corrected chi connectivity index (χ3v) is 4.70. The summed E-state index contributed by atoms with van der Waals surface area (Å²) in [5.74, 6) is 0.825. The first-order valence-corrected chi connectivity index (χ1v) is 9.02. The summed E-state index contributed by atoms with van der Waals surface area (Å²) in [6, 6.07) is 4.92. The Balaban J connectivity index is 1.93. The van der Waals surface area contributed by atoms with Gasteiger partial charge in [-0.05, 0) is 31.5 Å². The summed E-state index contributed by atoms with van der Waals surface area (Å²) in [7, 11) is 1.67. The van der Waals surface area contributed by atoms with Crippen LogP contribution in [-0.2, 0) is 16.1 Å². The fourth-order valence-corrected chi connectivity index (χ4v) is 3.15. The molecule has 2 aromatic rings. The normalized spacial score (nSPS) is 10.8. The number of amides is 1. The molecule has 0 radical (unpaired) electrons. The number of anilines is 1. The molecule has 1 aromatic carbocycles. The van der Waals surface area contributed by atoms with E-state index in [9.17, 15) is 4.79 Å². The van der Waals surface area contributed by atoms with Crippen LogP contribution in [0.5, 0.6) is 0 Å². The maximum atomic E-state index is 12.1. The number of carbonyl (C=O) groups is 1. The summed E-state index contributed by atoms with van der Waals surface area (Å²) in [4.78, 5) is 12.1. The Bertz CT molecular complexity index is 709.